The molecule has 4 aliphatic rings. The maximum atomic E-state index is 13.4. The van der Waals surface area contributed by atoms with E-state index in [0.29, 0.717) is 12.3 Å². The normalized spacial score (nSPS) is 45.5. The van der Waals surface area contributed by atoms with Crippen molar-refractivity contribution < 1.29 is 9.90 Å². The number of carbonyl (C=O) groups excluding carboxylic acids is 1. The van der Waals surface area contributed by atoms with Gasteiger partial charge in [0, 0.05) is 12.1 Å². The second-order valence-corrected chi connectivity index (χ2v) is 11.9. The fourth-order valence-electron chi connectivity index (χ4n) is 8.58. The Morgan fingerprint density at radius 3 is 2.57 bits per heavy atom. The first-order valence-corrected chi connectivity index (χ1v) is 12.4. The lowest BCUT2D eigenvalue weighted by Gasteiger charge is -2.56. The average Bonchev–Trinajstić information content (AvgIpc) is 3.19. The van der Waals surface area contributed by atoms with Crippen LogP contribution in [0.5, 0.6) is 0 Å². The third kappa shape index (κ3) is 3.29. The molecule has 1 aromatic rings. The third-order valence-electron chi connectivity index (χ3n) is 10.1. The number of rotatable bonds is 3. The van der Waals surface area contributed by atoms with E-state index in [9.17, 15) is 9.90 Å². The van der Waals surface area contributed by atoms with Gasteiger partial charge in [-0.15, -0.1) is 0 Å². The predicted octanol–water partition coefficient (Wildman–Crippen LogP) is 5.09. The van der Waals surface area contributed by atoms with Gasteiger partial charge in [0.15, 0.2) is 5.78 Å². The molecule has 0 saturated heterocycles. The van der Waals surface area contributed by atoms with Gasteiger partial charge in [0.05, 0.1) is 17.8 Å². The maximum absolute atomic E-state index is 13.4. The van der Waals surface area contributed by atoms with Crippen LogP contribution >= 0.6 is 0 Å². The van der Waals surface area contributed by atoms with E-state index >= 15 is 0 Å². The highest BCUT2D eigenvalue weighted by atomic mass is 16.3. The van der Waals surface area contributed by atoms with Crippen LogP contribution in [-0.2, 0) is 11.3 Å². The van der Waals surface area contributed by atoms with Gasteiger partial charge in [-0.25, -0.2) is 0 Å². The van der Waals surface area contributed by atoms with Gasteiger partial charge < -0.3 is 5.11 Å². The van der Waals surface area contributed by atoms with E-state index in [1.54, 1.807) is 0 Å². The average molecular weight is 413 g/mol. The monoisotopic (exact) mass is 412 g/mol. The Kier molecular flexibility index (Phi) is 4.96. The molecule has 0 spiro atoms. The number of hydrogen-bond acceptors (Lipinski definition) is 3. The summed E-state index contributed by atoms with van der Waals surface area (Å²) in [5.74, 6) is 4.52. The zero-order valence-corrected chi connectivity index (χ0v) is 19.4. The molecule has 30 heavy (non-hydrogen) atoms. The van der Waals surface area contributed by atoms with Crippen molar-refractivity contribution in [3.8, 4) is 0 Å². The Morgan fingerprint density at radius 2 is 1.83 bits per heavy atom. The molecule has 4 saturated carbocycles. The summed E-state index contributed by atoms with van der Waals surface area (Å²) in [5, 5.41) is 15.1. The fraction of sp³-hybridized carbons (Fsp3) is 0.846. The van der Waals surface area contributed by atoms with Crippen molar-refractivity contribution in [3.05, 3.63) is 17.5 Å². The summed E-state index contributed by atoms with van der Waals surface area (Å²) >= 11 is 0. The Morgan fingerprint density at radius 1 is 1.07 bits per heavy atom. The van der Waals surface area contributed by atoms with Crippen molar-refractivity contribution in [2.45, 2.75) is 97.6 Å². The molecule has 4 heteroatoms. The molecule has 4 fully saturated rings. The molecule has 0 amide bonds. The lowest BCUT2D eigenvalue weighted by molar-refractivity contribution is -0.133. The van der Waals surface area contributed by atoms with Crippen LogP contribution in [-0.4, -0.2) is 26.3 Å². The van der Waals surface area contributed by atoms with Gasteiger partial charge in [-0.05, 0) is 119 Å². The van der Waals surface area contributed by atoms with Gasteiger partial charge in [0.25, 0.3) is 0 Å². The molecular weight excluding hydrogens is 372 g/mol. The van der Waals surface area contributed by atoms with Gasteiger partial charge in [-0.3, -0.25) is 9.48 Å². The Hall–Kier alpha value is -1.16. The van der Waals surface area contributed by atoms with E-state index in [0.717, 1.165) is 54.5 Å². The topological polar surface area (TPSA) is 55.1 Å². The minimum absolute atomic E-state index is 0.183. The molecule has 1 unspecified atom stereocenters. The summed E-state index contributed by atoms with van der Waals surface area (Å²) < 4.78 is 1.87. The van der Waals surface area contributed by atoms with Gasteiger partial charge >= 0.3 is 0 Å². The molecular formula is C26H40N2O2. The van der Waals surface area contributed by atoms with Gasteiger partial charge in [-0.1, -0.05) is 6.92 Å². The van der Waals surface area contributed by atoms with Crippen molar-refractivity contribution in [3.63, 3.8) is 0 Å². The molecule has 0 aliphatic heterocycles. The lowest BCUT2D eigenvalue weighted by Crippen LogP contribution is -2.51. The van der Waals surface area contributed by atoms with E-state index in [-0.39, 0.29) is 11.3 Å². The number of aryl methyl sites for hydroxylation is 2. The summed E-state index contributed by atoms with van der Waals surface area (Å²) in [4.78, 5) is 13.4. The summed E-state index contributed by atoms with van der Waals surface area (Å²) in [7, 11) is 0. The van der Waals surface area contributed by atoms with E-state index in [4.69, 9.17) is 0 Å². The van der Waals surface area contributed by atoms with Gasteiger partial charge in [0.1, 0.15) is 0 Å². The fourth-order valence-corrected chi connectivity index (χ4v) is 8.58. The van der Waals surface area contributed by atoms with Crippen LogP contribution in [0.4, 0.5) is 0 Å². The Balaban J connectivity index is 1.31. The van der Waals surface area contributed by atoms with E-state index in [1.807, 2.05) is 24.7 Å². The lowest BCUT2D eigenvalue weighted by atomic mass is 9.49. The standard InChI is InChI=1S/C26H40N2O2/c1-16-14-28(27-17(16)2)15-24(29)23-8-7-22-21-6-5-18-13-25(3,30)11-9-19(18)20(21)10-12-26(22,23)4/h14,18-23,30H,5-13,15H2,1-4H3/t18-,19+,20-,21?,22+,23-,25-,26+/m1/s1. The number of nitrogens with zero attached hydrogens (tertiary/aromatic N) is 2. The molecule has 5 rings (SSSR count). The van der Waals surface area contributed by atoms with E-state index in [2.05, 4.69) is 18.9 Å². The van der Waals surface area contributed by atoms with Crippen LogP contribution in [0.2, 0.25) is 0 Å². The largest absolute Gasteiger partial charge is 0.390 e. The molecule has 0 radical (unpaired) electrons. The molecule has 1 heterocycles. The third-order valence-corrected chi connectivity index (χ3v) is 10.1. The number of hydrogen-bond donors (Lipinski definition) is 1. The molecule has 8 atom stereocenters. The molecule has 4 aliphatic carbocycles. The van der Waals surface area contributed by atoms with Crippen molar-refractivity contribution in [2.75, 3.05) is 0 Å². The highest BCUT2D eigenvalue weighted by molar-refractivity contribution is 5.82. The predicted molar refractivity (Wildman–Crippen MR) is 118 cm³/mol. The number of aliphatic hydroxyl groups is 1. The highest BCUT2D eigenvalue weighted by Crippen LogP contribution is 2.64. The molecule has 0 bridgehead atoms. The van der Waals surface area contributed by atoms with Crippen LogP contribution < -0.4 is 0 Å². The van der Waals surface area contributed by atoms with E-state index < -0.39 is 5.60 Å². The number of aromatic nitrogens is 2. The Labute approximate surface area is 181 Å². The molecule has 0 aromatic carbocycles. The van der Waals surface area contributed by atoms with Crippen LogP contribution in [0.1, 0.15) is 82.9 Å². The van der Waals surface area contributed by atoms with Crippen molar-refractivity contribution >= 4 is 5.78 Å². The summed E-state index contributed by atoms with van der Waals surface area (Å²) in [6.45, 7) is 9.02. The first-order chi connectivity index (χ1) is 14.2. The summed E-state index contributed by atoms with van der Waals surface area (Å²) in [6.07, 6.45) is 12.7. The van der Waals surface area contributed by atoms with Crippen LogP contribution in [0.25, 0.3) is 0 Å². The molecule has 4 nitrogen and oxygen atoms in total. The van der Waals surface area contributed by atoms with E-state index in [1.165, 1.54) is 44.1 Å². The smallest absolute Gasteiger partial charge is 0.157 e. The quantitative estimate of drug-likeness (QED) is 0.752. The van der Waals surface area contributed by atoms with Crippen molar-refractivity contribution in [1.29, 1.82) is 0 Å². The number of ketones is 1. The minimum atomic E-state index is -0.439. The summed E-state index contributed by atoms with van der Waals surface area (Å²) in [5.41, 5.74) is 1.94. The SMILES string of the molecule is Cc1cn(CC(=O)[C@H]2CC[C@H]3C4CC[C@@H]5C[C@](C)(O)CC[C@@H]5[C@H]4CC[C@]23C)nc1C. The van der Waals surface area contributed by atoms with Crippen LogP contribution in [0.3, 0.4) is 0 Å². The highest BCUT2D eigenvalue weighted by Gasteiger charge is 2.58. The molecule has 166 valence electrons. The van der Waals surface area contributed by atoms with Crippen molar-refractivity contribution in [1.82, 2.24) is 9.78 Å². The number of Topliss-reactive ketones (excluding diaryl/α,β-unsaturated/α-hetero) is 1. The van der Waals surface area contributed by atoms with Crippen LogP contribution in [0.15, 0.2) is 6.20 Å². The van der Waals surface area contributed by atoms with Crippen molar-refractivity contribution in [2.24, 2.45) is 40.9 Å². The second kappa shape index (κ2) is 7.18. The van der Waals surface area contributed by atoms with Crippen LogP contribution in [0, 0.1) is 54.8 Å². The summed E-state index contributed by atoms with van der Waals surface area (Å²) in [6, 6.07) is 0. The zero-order chi connectivity index (χ0) is 21.3. The Bertz CT molecular complexity index is 807. The zero-order valence-electron chi connectivity index (χ0n) is 19.4. The number of fused-ring (bicyclic) bond motifs is 5. The number of carbonyl (C=O) groups is 1. The minimum Gasteiger partial charge on any atom is -0.390 e. The maximum Gasteiger partial charge on any atom is 0.157 e. The van der Waals surface area contributed by atoms with Gasteiger partial charge in [-0.2, -0.15) is 5.10 Å². The molecule has 1 N–H and O–H groups in total. The molecule has 1 aromatic heterocycles. The van der Waals surface area contributed by atoms with Gasteiger partial charge in [0.2, 0.25) is 0 Å². The first-order valence-electron chi connectivity index (χ1n) is 12.4. The second-order valence-electron chi connectivity index (χ2n) is 11.9. The first kappa shape index (κ1) is 20.7.